The van der Waals surface area contributed by atoms with Crippen LogP contribution in [0.3, 0.4) is 0 Å². The van der Waals surface area contributed by atoms with Gasteiger partial charge in [0.15, 0.2) is 0 Å². The molecule has 0 spiro atoms. The molecule has 0 aliphatic rings. The van der Waals surface area contributed by atoms with E-state index >= 15 is 0 Å². The van der Waals surface area contributed by atoms with Gasteiger partial charge in [0.25, 0.3) is 5.56 Å². The molecule has 0 radical (unpaired) electrons. The van der Waals surface area contributed by atoms with Gasteiger partial charge < -0.3 is 4.98 Å². The Kier molecular flexibility index (Phi) is 2.93. The summed E-state index contributed by atoms with van der Waals surface area (Å²) >= 11 is 0. The van der Waals surface area contributed by atoms with Crippen LogP contribution in [-0.2, 0) is 11.2 Å². The highest BCUT2D eigenvalue weighted by atomic mass is 16.2. The molecule has 0 aromatic carbocycles. The van der Waals surface area contributed by atoms with Crippen molar-refractivity contribution in [2.24, 2.45) is 5.41 Å². The fourth-order valence-corrected chi connectivity index (χ4v) is 1.05. The maximum absolute atomic E-state index is 11.6. The summed E-state index contributed by atoms with van der Waals surface area (Å²) in [5.41, 5.74) is -1.20. The maximum Gasteiger partial charge on any atom is 0.325 e. The predicted molar refractivity (Wildman–Crippen MR) is 55.8 cm³/mol. The van der Waals surface area contributed by atoms with Crippen LogP contribution in [-0.4, -0.2) is 15.8 Å². The summed E-state index contributed by atoms with van der Waals surface area (Å²) in [5, 5.41) is 0. The number of carbonyl (C=O) groups is 1. The third kappa shape index (κ3) is 3.19. The van der Waals surface area contributed by atoms with Crippen molar-refractivity contribution in [3.05, 3.63) is 32.6 Å². The van der Waals surface area contributed by atoms with Crippen LogP contribution in [0, 0.1) is 5.41 Å². The first kappa shape index (κ1) is 11.4. The zero-order chi connectivity index (χ0) is 11.6. The van der Waals surface area contributed by atoms with Crippen molar-refractivity contribution < 1.29 is 4.79 Å². The van der Waals surface area contributed by atoms with E-state index in [2.05, 4.69) is 4.98 Å². The number of rotatable bonds is 2. The molecule has 0 fully saturated rings. The quantitative estimate of drug-likeness (QED) is 0.732. The van der Waals surface area contributed by atoms with Gasteiger partial charge in [0.05, 0.1) is 0 Å². The minimum absolute atomic E-state index is 0.0243. The van der Waals surface area contributed by atoms with Gasteiger partial charge in [-0.2, -0.15) is 0 Å². The van der Waals surface area contributed by atoms with Gasteiger partial charge in [-0.05, 0) is 0 Å². The number of nitrogens with one attached hydrogen (secondary N) is 2. The van der Waals surface area contributed by atoms with E-state index in [0.717, 1.165) is 0 Å². The second-order valence-corrected chi connectivity index (χ2v) is 4.46. The Morgan fingerprint density at radius 3 is 2.33 bits per heavy atom. The zero-order valence-corrected chi connectivity index (χ0v) is 9.01. The Labute approximate surface area is 86.5 Å². The van der Waals surface area contributed by atoms with Gasteiger partial charge in [0.1, 0.15) is 5.78 Å². The fourth-order valence-electron chi connectivity index (χ4n) is 1.05. The summed E-state index contributed by atoms with van der Waals surface area (Å²) in [6.07, 6.45) is 0.0721. The Hall–Kier alpha value is -1.65. The molecule has 0 unspecified atom stereocenters. The van der Waals surface area contributed by atoms with Gasteiger partial charge in [-0.3, -0.25) is 14.6 Å². The third-order valence-electron chi connectivity index (χ3n) is 2.00. The average molecular weight is 210 g/mol. The number of carbonyl (C=O) groups excluding carboxylic acids is 1. The first-order valence-corrected chi connectivity index (χ1v) is 4.65. The number of aromatic nitrogens is 2. The van der Waals surface area contributed by atoms with Gasteiger partial charge in [-0.15, -0.1) is 0 Å². The van der Waals surface area contributed by atoms with Crippen molar-refractivity contribution in [3.63, 3.8) is 0 Å². The molecule has 5 heteroatoms. The van der Waals surface area contributed by atoms with E-state index in [1.807, 2.05) is 4.98 Å². The molecule has 5 nitrogen and oxygen atoms in total. The zero-order valence-electron chi connectivity index (χ0n) is 9.01. The highest BCUT2D eigenvalue weighted by Crippen LogP contribution is 2.16. The Morgan fingerprint density at radius 1 is 1.27 bits per heavy atom. The monoisotopic (exact) mass is 210 g/mol. The number of Topliss-reactive ketones (excluding diaryl/α,β-unsaturated/α-hetero) is 1. The Balaban J connectivity index is 2.96. The van der Waals surface area contributed by atoms with Crippen LogP contribution in [0.1, 0.15) is 26.5 Å². The van der Waals surface area contributed by atoms with Gasteiger partial charge >= 0.3 is 5.69 Å². The molecule has 15 heavy (non-hydrogen) atoms. The molecular weight excluding hydrogens is 196 g/mol. The van der Waals surface area contributed by atoms with E-state index in [9.17, 15) is 14.4 Å². The van der Waals surface area contributed by atoms with E-state index in [0.29, 0.717) is 5.69 Å². The molecule has 1 aromatic heterocycles. The number of hydrogen-bond donors (Lipinski definition) is 2. The Morgan fingerprint density at radius 2 is 1.87 bits per heavy atom. The summed E-state index contributed by atoms with van der Waals surface area (Å²) in [5.74, 6) is -0.0243. The molecule has 1 heterocycles. The summed E-state index contributed by atoms with van der Waals surface area (Å²) in [4.78, 5) is 38.0. The van der Waals surface area contributed by atoms with Crippen LogP contribution in [0.5, 0.6) is 0 Å². The van der Waals surface area contributed by atoms with E-state index in [1.54, 1.807) is 20.8 Å². The van der Waals surface area contributed by atoms with Gasteiger partial charge in [-0.25, -0.2) is 4.79 Å². The largest absolute Gasteiger partial charge is 0.325 e. The van der Waals surface area contributed by atoms with E-state index in [4.69, 9.17) is 0 Å². The van der Waals surface area contributed by atoms with Crippen molar-refractivity contribution >= 4 is 5.78 Å². The van der Waals surface area contributed by atoms with Crippen molar-refractivity contribution in [1.29, 1.82) is 0 Å². The van der Waals surface area contributed by atoms with Crippen molar-refractivity contribution in [3.8, 4) is 0 Å². The summed E-state index contributed by atoms with van der Waals surface area (Å²) < 4.78 is 0. The molecule has 2 N–H and O–H groups in total. The lowest BCUT2D eigenvalue weighted by Crippen LogP contribution is -2.27. The highest BCUT2D eigenvalue weighted by molar-refractivity contribution is 5.85. The highest BCUT2D eigenvalue weighted by Gasteiger charge is 2.21. The predicted octanol–water partition coefficient (Wildman–Crippen LogP) is 0.221. The first-order valence-electron chi connectivity index (χ1n) is 4.65. The summed E-state index contributed by atoms with van der Waals surface area (Å²) in [7, 11) is 0. The molecule has 0 saturated carbocycles. The van der Waals surface area contributed by atoms with E-state index in [1.165, 1.54) is 6.07 Å². The van der Waals surface area contributed by atoms with Crippen LogP contribution in [0.15, 0.2) is 15.7 Å². The minimum atomic E-state index is -0.584. The SMILES string of the molecule is CC(C)(C)C(=O)Cc1cc(=O)[nH]c(=O)[nH]1. The third-order valence-corrected chi connectivity index (χ3v) is 2.00. The molecule has 1 aromatic rings. The van der Waals surface area contributed by atoms with Crippen LogP contribution < -0.4 is 11.2 Å². The molecule has 0 aliphatic heterocycles. The maximum atomic E-state index is 11.6. The second kappa shape index (κ2) is 3.84. The molecule has 0 amide bonds. The van der Waals surface area contributed by atoms with Crippen LogP contribution >= 0.6 is 0 Å². The van der Waals surface area contributed by atoms with Crippen molar-refractivity contribution in [2.45, 2.75) is 27.2 Å². The average Bonchev–Trinajstić information content (AvgIpc) is 1.99. The molecule has 82 valence electrons. The van der Waals surface area contributed by atoms with E-state index < -0.39 is 16.7 Å². The van der Waals surface area contributed by atoms with Crippen LogP contribution in [0.25, 0.3) is 0 Å². The summed E-state index contributed by atoms with van der Waals surface area (Å²) in [6.45, 7) is 5.38. The Bertz CT molecular complexity index is 448. The van der Waals surface area contributed by atoms with Gasteiger partial charge in [0.2, 0.25) is 0 Å². The fraction of sp³-hybridized carbons (Fsp3) is 0.500. The number of ketones is 1. The lowest BCUT2D eigenvalue weighted by molar-refractivity contribution is -0.125. The molecular formula is C10H14N2O3. The lowest BCUT2D eigenvalue weighted by Gasteiger charge is -2.15. The number of H-pyrrole nitrogens is 2. The van der Waals surface area contributed by atoms with Crippen molar-refractivity contribution in [2.75, 3.05) is 0 Å². The normalized spacial score (nSPS) is 11.4. The lowest BCUT2D eigenvalue weighted by atomic mass is 9.88. The molecule has 0 saturated heterocycles. The summed E-state index contributed by atoms with van der Waals surface area (Å²) in [6, 6.07) is 1.23. The van der Waals surface area contributed by atoms with Crippen LogP contribution in [0.4, 0.5) is 0 Å². The van der Waals surface area contributed by atoms with Crippen molar-refractivity contribution in [1.82, 2.24) is 9.97 Å². The minimum Gasteiger partial charge on any atom is -0.311 e. The molecule has 0 bridgehead atoms. The number of hydrogen-bond acceptors (Lipinski definition) is 3. The molecule has 0 aliphatic carbocycles. The topological polar surface area (TPSA) is 82.8 Å². The van der Waals surface area contributed by atoms with E-state index in [-0.39, 0.29) is 12.2 Å². The smallest absolute Gasteiger partial charge is 0.311 e. The first-order chi connectivity index (χ1) is 6.79. The van der Waals surface area contributed by atoms with Gasteiger partial charge in [0, 0.05) is 23.6 Å². The van der Waals surface area contributed by atoms with Gasteiger partial charge in [-0.1, -0.05) is 20.8 Å². The van der Waals surface area contributed by atoms with Crippen LogP contribution in [0.2, 0.25) is 0 Å². The molecule has 1 rings (SSSR count). The second-order valence-electron chi connectivity index (χ2n) is 4.46. The number of aromatic amines is 2. The molecule has 0 atom stereocenters. The standard InChI is InChI=1S/C10H14N2O3/c1-10(2,3)7(13)4-6-5-8(14)12-9(15)11-6/h5H,4H2,1-3H3,(H2,11,12,14,15).